The third kappa shape index (κ3) is 4.17. The van der Waals surface area contributed by atoms with Gasteiger partial charge in [-0.25, -0.2) is 4.79 Å². The molecule has 0 spiro atoms. The van der Waals surface area contributed by atoms with Gasteiger partial charge in [0.15, 0.2) is 0 Å². The fourth-order valence-corrected chi connectivity index (χ4v) is 1.59. The van der Waals surface area contributed by atoms with Gasteiger partial charge in [-0.3, -0.25) is 20.2 Å². The Kier molecular flexibility index (Phi) is 4.72. The molecule has 0 fully saturated rings. The summed E-state index contributed by atoms with van der Waals surface area (Å²) in [6.45, 7) is 0. The minimum Gasteiger partial charge on any atom is -0.313 e. The van der Waals surface area contributed by atoms with Gasteiger partial charge in [0.1, 0.15) is 0 Å². The van der Waals surface area contributed by atoms with Crippen molar-refractivity contribution in [3.63, 3.8) is 0 Å². The highest BCUT2D eigenvalue weighted by Crippen LogP contribution is 2.13. The average molecular weight is 315 g/mol. The van der Waals surface area contributed by atoms with Crippen LogP contribution in [0.25, 0.3) is 0 Å². The summed E-state index contributed by atoms with van der Waals surface area (Å²) in [7, 11) is 0. The molecule has 0 heterocycles. The first-order chi connectivity index (χ1) is 11.0. The van der Waals surface area contributed by atoms with Crippen LogP contribution in [0.15, 0.2) is 53.7 Å². The second kappa shape index (κ2) is 6.89. The lowest BCUT2D eigenvalue weighted by Gasteiger charge is -1.98. The molecule has 2 aromatic rings. The van der Waals surface area contributed by atoms with Crippen molar-refractivity contribution in [3.05, 3.63) is 79.9 Å². The second-order valence-electron chi connectivity index (χ2n) is 4.27. The van der Waals surface area contributed by atoms with Gasteiger partial charge < -0.3 is 4.84 Å². The molecule has 0 atom stereocenters. The molecule has 2 aromatic carbocycles. The van der Waals surface area contributed by atoms with Gasteiger partial charge in [-0.1, -0.05) is 5.16 Å². The zero-order chi connectivity index (χ0) is 16.8. The molecule has 116 valence electrons. The number of rotatable bonds is 5. The minimum atomic E-state index is -0.780. The van der Waals surface area contributed by atoms with Gasteiger partial charge in [0.2, 0.25) is 0 Å². The van der Waals surface area contributed by atoms with E-state index in [4.69, 9.17) is 0 Å². The van der Waals surface area contributed by atoms with Crippen LogP contribution >= 0.6 is 0 Å². The number of oxime groups is 1. The molecule has 23 heavy (non-hydrogen) atoms. The molecule has 9 nitrogen and oxygen atoms in total. The zero-order valence-corrected chi connectivity index (χ0v) is 11.5. The average Bonchev–Trinajstić information content (AvgIpc) is 2.55. The molecule has 0 bridgehead atoms. The van der Waals surface area contributed by atoms with E-state index in [9.17, 15) is 25.0 Å². The van der Waals surface area contributed by atoms with Crippen LogP contribution < -0.4 is 0 Å². The number of carbonyl (C=O) groups is 1. The quantitative estimate of drug-likeness (QED) is 0.361. The molecular formula is C14H9N3O6. The van der Waals surface area contributed by atoms with E-state index in [0.29, 0.717) is 5.56 Å². The number of non-ortho nitro benzene ring substituents is 2. The lowest BCUT2D eigenvalue weighted by atomic mass is 10.2. The maximum absolute atomic E-state index is 11.7. The molecule has 0 aliphatic heterocycles. The van der Waals surface area contributed by atoms with E-state index >= 15 is 0 Å². The van der Waals surface area contributed by atoms with Crippen LogP contribution in [-0.2, 0) is 4.84 Å². The van der Waals surface area contributed by atoms with Crippen molar-refractivity contribution in [3.8, 4) is 0 Å². The number of nitro groups is 2. The standard InChI is InChI=1S/C14H9N3O6/c18-14(11-3-7-13(8-4-11)17(21)22)23-15-9-10-1-5-12(6-2-10)16(19)20/h1-9H/b15-9-. The first-order valence-electron chi connectivity index (χ1n) is 6.21. The lowest BCUT2D eigenvalue weighted by Crippen LogP contribution is -2.01. The summed E-state index contributed by atoms with van der Waals surface area (Å²) in [5, 5.41) is 24.5. The zero-order valence-electron chi connectivity index (χ0n) is 11.5. The van der Waals surface area contributed by atoms with Crippen molar-refractivity contribution < 1.29 is 19.5 Å². The Morgan fingerprint density at radius 1 is 0.913 bits per heavy atom. The molecule has 0 aromatic heterocycles. The summed E-state index contributed by atoms with van der Waals surface area (Å²) in [6, 6.07) is 10.3. The van der Waals surface area contributed by atoms with Gasteiger partial charge in [-0.2, -0.15) is 0 Å². The first-order valence-corrected chi connectivity index (χ1v) is 6.21. The third-order valence-corrected chi connectivity index (χ3v) is 2.76. The second-order valence-corrected chi connectivity index (χ2v) is 4.27. The Morgan fingerprint density at radius 3 is 1.87 bits per heavy atom. The van der Waals surface area contributed by atoms with E-state index in [1.165, 1.54) is 54.7 Å². The predicted octanol–water partition coefficient (Wildman–Crippen LogP) is 2.69. The van der Waals surface area contributed by atoms with Crippen molar-refractivity contribution in [2.24, 2.45) is 5.16 Å². The van der Waals surface area contributed by atoms with E-state index in [0.717, 1.165) is 0 Å². The van der Waals surface area contributed by atoms with Crippen molar-refractivity contribution >= 4 is 23.6 Å². The van der Waals surface area contributed by atoms with Crippen LogP contribution in [0.1, 0.15) is 15.9 Å². The van der Waals surface area contributed by atoms with Gasteiger partial charge in [0.05, 0.1) is 21.6 Å². The number of benzene rings is 2. The van der Waals surface area contributed by atoms with E-state index in [-0.39, 0.29) is 16.9 Å². The van der Waals surface area contributed by atoms with Crippen LogP contribution in [0, 0.1) is 20.2 Å². The van der Waals surface area contributed by atoms with Crippen LogP contribution in [-0.4, -0.2) is 22.0 Å². The van der Waals surface area contributed by atoms with Crippen LogP contribution in [0.4, 0.5) is 11.4 Å². The van der Waals surface area contributed by atoms with Gasteiger partial charge in [-0.05, 0) is 29.8 Å². The monoisotopic (exact) mass is 315 g/mol. The highest BCUT2D eigenvalue weighted by molar-refractivity contribution is 5.90. The lowest BCUT2D eigenvalue weighted by molar-refractivity contribution is -0.385. The Hall–Kier alpha value is -3.62. The number of carbonyl (C=O) groups excluding carboxylic acids is 1. The summed E-state index contributed by atoms with van der Waals surface area (Å²) in [6.07, 6.45) is 1.22. The minimum absolute atomic E-state index is 0.0648. The highest BCUT2D eigenvalue weighted by atomic mass is 16.7. The predicted molar refractivity (Wildman–Crippen MR) is 79.2 cm³/mol. The Bertz CT molecular complexity index is 768. The number of nitro benzene ring substituents is 2. The van der Waals surface area contributed by atoms with E-state index < -0.39 is 15.8 Å². The Morgan fingerprint density at radius 2 is 1.39 bits per heavy atom. The van der Waals surface area contributed by atoms with Crippen molar-refractivity contribution in [1.29, 1.82) is 0 Å². The van der Waals surface area contributed by atoms with E-state index in [1.54, 1.807) is 0 Å². The molecular weight excluding hydrogens is 306 g/mol. The number of hydrogen-bond donors (Lipinski definition) is 0. The molecule has 0 radical (unpaired) electrons. The molecule has 0 saturated carbocycles. The van der Waals surface area contributed by atoms with Crippen molar-refractivity contribution in [2.45, 2.75) is 0 Å². The Labute approximate surface area is 129 Å². The summed E-state index contributed by atoms with van der Waals surface area (Å²) < 4.78 is 0. The number of hydrogen-bond acceptors (Lipinski definition) is 7. The fraction of sp³-hybridized carbons (Fsp3) is 0. The van der Waals surface area contributed by atoms with Crippen LogP contribution in [0.5, 0.6) is 0 Å². The van der Waals surface area contributed by atoms with Gasteiger partial charge in [0, 0.05) is 24.3 Å². The maximum Gasteiger partial charge on any atom is 0.365 e. The maximum atomic E-state index is 11.7. The van der Waals surface area contributed by atoms with Gasteiger partial charge in [-0.15, -0.1) is 0 Å². The summed E-state index contributed by atoms with van der Waals surface area (Å²) in [4.78, 5) is 36.2. The SMILES string of the molecule is O=C(O/N=C\c1ccc([N+](=O)[O-])cc1)c1ccc([N+](=O)[O-])cc1. The smallest absolute Gasteiger partial charge is 0.313 e. The molecule has 0 unspecified atom stereocenters. The molecule has 0 aliphatic carbocycles. The van der Waals surface area contributed by atoms with E-state index in [2.05, 4.69) is 9.99 Å². The normalized spacial score (nSPS) is 10.4. The topological polar surface area (TPSA) is 125 Å². The first kappa shape index (κ1) is 15.8. The fourth-order valence-electron chi connectivity index (χ4n) is 1.59. The summed E-state index contributed by atoms with van der Waals surface area (Å²) in [5.74, 6) is -0.780. The van der Waals surface area contributed by atoms with E-state index in [1.807, 2.05) is 0 Å². The molecule has 0 saturated heterocycles. The van der Waals surface area contributed by atoms with Crippen LogP contribution in [0.2, 0.25) is 0 Å². The molecule has 0 aliphatic rings. The number of nitrogens with zero attached hydrogens (tertiary/aromatic N) is 3. The molecule has 0 amide bonds. The molecule has 9 heteroatoms. The summed E-state index contributed by atoms with van der Waals surface area (Å²) >= 11 is 0. The van der Waals surface area contributed by atoms with Crippen molar-refractivity contribution in [1.82, 2.24) is 0 Å². The molecule has 2 rings (SSSR count). The Balaban J connectivity index is 1.97. The van der Waals surface area contributed by atoms with Gasteiger partial charge in [0.25, 0.3) is 11.4 Å². The summed E-state index contributed by atoms with van der Waals surface area (Å²) in [5.41, 5.74) is 0.407. The van der Waals surface area contributed by atoms with Crippen molar-refractivity contribution in [2.75, 3.05) is 0 Å². The van der Waals surface area contributed by atoms with Gasteiger partial charge >= 0.3 is 5.97 Å². The third-order valence-electron chi connectivity index (χ3n) is 2.76. The highest BCUT2D eigenvalue weighted by Gasteiger charge is 2.10. The molecule has 0 N–H and O–H groups in total. The largest absolute Gasteiger partial charge is 0.365 e. The van der Waals surface area contributed by atoms with Crippen LogP contribution in [0.3, 0.4) is 0 Å².